The molecule has 6 N–H and O–H groups in total. The summed E-state index contributed by atoms with van der Waals surface area (Å²) in [4.78, 5) is 3.24. The van der Waals surface area contributed by atoms with Gasteiger partial charge in [0.05, 0.1) is 22.9 Å². The summed E-state index contributed by atoms with van der Waals surface area (Å²) in [7, 11) is -4.09. The van der Waals surface area contributed by atoms with Gasteiger partial charge in [0.25, 0.3) is 0 Å². The topological polar surface area (TPSA) is 149 Å². The number of aryl methyl sites for hydroxylation is 1. The Hall–Kier alpha value is -4.65. The molecule has 1 aromatic heterocycles. The molecule has 0 aliphatic rings. The smallest absolute Gasteiger partial charge is 0.406 e. The number of halogens is 7. The number of hydrogen-bond donors (Lipinski definition) is 4. The van der Waals surface area contributed by atoms with Crippen LogP contribution in [0.25, 0.3) is 22.5 Å². The van der Waals surface area contributed by atoms with Crippen LogP contribution in [0.5, 0.6) is 5.75 Å². The standard InChI is InChI=1S/C28H25F7N6O4S/c1-16-39-25(27(30,31)32)15-40(16)26-22(29)12-19(18-3-2-4-21(11-18)46(43,44)38-9-10-42)13-23(26)41(37)24(14-36)17-5-7-20(8-6-17)45-28(33,34)35/h2-8,11-15,38,42H,9-10,36-37H2,1H3/b24-14-. The van der Waals surface area contributed by atoms with Crippen LogP contribution in [0.1, 0.15) is 17.1 Å². The number of nitrogens with one attached hydrogen (secondary N) is 1. The number of imidazole rings is 1. The van der Waals surface area contributed by atoms with E-state index in [-0.39, 0.29) is 45.3 Å². The molecule has 1 heterocycles. The number of ether oxygens (including phenoxy) is 1. The number of alkyl halides is 6. The minimum atomic E-state index is -4.97. The van der Waals surface area contributed by atoms with Crippen molar-refractivity contribution in [3.8, 4) is 22.6 Å². The van der Waals surface area contributed by atoms with Crippen molar-refractivity contribution in [2.24, 2.45) is 11.6 Å². The number of sulfonamides is 1. The van der Waals surface area contributed by atoms with E-state index in [2.05, 4.69) is 14.4 Å². The van der Waals surface area contributed by atoms with Crippen molar-refractivity contribution in [3.63, 3.8) is 0 Å². The Balaban J connectivity index is 1.90. The normalized spacial score (nSPS) is 12.8. The first kappa shape index (κ1) is 34.2. The molecule has 0 saturated heterocycles. The molecule has 0 unspecified atom stereocenters. The highest BCUT2D eigenvalue weighted by molar-refractivity contribution is 7.89. The number of benzene rings is 3. The minimum Gasteiger partial charge on any atom is -0.406 e. The molecule has 0 atom stereocenters. The molecule has 10 nitrogen and oxygen atoms in total. The van der Waals surface area contributed by atoms with Crippen molar-refractivity contribution in [3.05, 3.63) is 96.0 Å². The summed E-state index contributed by atoms with van der Waals surface area (Å²) in [6.07, 6.45) is -8.35. The Morgan fingerprint density at radius 3 is 2.30 bits per heavy atom. The van der Waals surface area contributed by atoms with Crippen molar-refractivity contribution in [1.29, 1.82) is 0 Å². The monoisotopic (exact) mass is 674 g/mol. The maximum Gasteiger partial charge on any atom is 0.573 e. The summed E-state index contributed by atoms with van der Waals surface area (Å²) in [5.41, 5.74) is 3.87. The molecule has 46 heavy (non-hydrogen) atoms. The van der Waals surface area contributed by atoms with E-state index in [0.29, 0.717) is 6.20 Å². The molecule has 0 bridgehead atoms. The highest BCUT2D eigenvalue weighted by atomic mass is 32.2. The number of aliphatic hydroxyl groups is 1. The molecule has 0 amide bonds. The van der Waals surface area contributed by atoms with Crippen LogP contribution in [0.4, 0.5) is 36.4 Å². The zero-order chi connectivity index (χ0) is 34.0. The first-order chi connectivity index (χ1) is 21.4. The SMILES string of the molecule is Cc1nc(C(F)(F)F)cn1-c1c(F)cc(-c2cccc(S(=O)(=O)NCCO)c2)cc1N(N)/C(=C\N)c1ccc(OC(F)(F)F)cc1. The van der Waals surface area contributed by atoms with Gasteiger partial charge in [-0.2, -0.15) is 13.2 Å². The van der Waals surface area contributed by atoms with E-state index in [0.717, 1.165) is 46.1 Å². The number of rotatable bonds is 10. The van der Waals surface area contributed by atoms with Crippen molar-refractivity contribution in [2.45, 2.75) is 24.4 Å². The lowest BCUT2D eigenvalue weighted by molar-refractivity contribution is -0.274. The summed E-state index contributed by atoms with van der Waals surface area (Å²) in [5, 5.41) is 9.80. The highest BCUT2D eigenvalue weighted by Crippen LogP contribution is 2.38. The third-order valence-corrected chi connectivity index (χ3v) is 7.86. The molecule has 0 spiro atoms. The molecule has 0 aliphatic heterocycles. The molecule has 4 aromatic rings. The number of aromatic nitrogens is 2. The summed E-state index contributed by atoms with van der Waals surface area (Å²) in [6.45, 7) is 0.448. The second-order valence-corrected chi connectivity index (χ2v) is 11.3. The largest absolute Gasteiger partial charge is 0.573 e. The summed E-state index contributed by atoms with van der Waals surface area (Å²) in [6, 6.07) is 11.7. The van der Waals surface area contributed by atoms with E-state index in [1.807, 2.05) is 0 Å². The van der Waals surface area contributed by atoms with Gasteiger partial charge in [-0.05, 0) is 66.6 Å². The maximum atomic E-state index is 16.1. The Bertz CT molecular complexity index is 1860. The van der Waals surface area contributed by atoms with Crippen molar-refractivity contribution >= 4 is 21.4 Å². The lowest BCUT2D eigenvalue weighted by Crippen LogP contribution is -2.31. The number of nitrogens with zero attached hydrogens (tertiary/aromatic N) is 3. The van der Waals surface area contributed by atoms with Crippen molar-refractivity contribution < 1.29 is 49.0 Å². The second kappa shape index (κ2) is 13.0. The van der Waals surface area contributed by atoms with E-state index in [9.17, 15) is 34.8 Å². The molecule has 246 valence electrons. The number of anilines is 1. The number of aliphatic hydroxyl groups excluding tert-OH is 1. The Labute approximate surface area is 257 Å². The van der Waals surface area contributed by atoms with Crippen molar-refractivity contribution in [1.82, 2.24) is 14.3 Å². The average Bonchev–Trinajstić information content (AvgIpc) is 3.37. The van der Waals surface area contributed by atoms with Crippen molar-refractivity contribution in [2.75, 3.05) is 18.2 Å². The zero-order valence-corrected chi connectivity index (χ0v) is 24.4. The molecular weight excluding hydrogens is 649 g/mol. The van der Waals surface area contributed by atoms with Gasteiger partial charge in [0.15, 0.2) is 5.69 Å². The van der Waals surface area contributed by atoms with Crippen LogP contribution < -0.4 is 26.0 Å². The predicted octanol–water partition coefficient (Wildman–Crippen LogP) is 4.81. The first-order valence-corrected chi connectivity index (χ1v) is 14.4. The lowest BCUT2D eigenvalue weighted by Gasteiger charge is -2.26. The highest BCUT2D eigenvalue weighted by Gasteiger charge is 2.35. The number of hydrogen-bond acceptors (Lipinski definition) is 8. The molecule has 3 aromatic carbocycles. The van der Waals surface area contributed by atoms with Crippen LogP contribution >= 0.6 is 0 Å². The molecule has 0 radical (unpaired) electrons. The van der Waals surface area contributed by atoms with Crippen LogP contribution in [0.15, 0.2) is 78.0 Å². The van der Waals surface area contributed by atoms with Gasteiger partial charge in [0.1, 0.15) is 23.1 Å². The van der Waals surface area contributed by atoms with Crippen LogP contribution in [0.2, 0.25) is 0 Å². The van der Waals surface area contributed by atoms with Gasteiger partial charge >= 0.3 is 12.5 Å². The van der Waals surface area contributed by atoms with E-state index in [1.54, 1.807) is 0 Å². The van der Waals surface area contributed by atoms with Gasteiger partial charge < -0.3 is 15.6 Å². The second-order valence-electron chi connectivity index (χ2n) is 9.51. The van der Waals surface area contributed by atoms with E-state index in [4.69, 9.17) is 16.7 Å². The van der Waals surface area contributed by atoms with E-state index in [1.165, 1.54) is 37.3 Å². The van der Waals surface area contributed by atoms with Gasteiger partial charge in [-0.25, -0.2) is 28.4 Å². The third-order valence-electron chi connectivity index (χ3n) is 6.40. The fraction of sp³-hybridized carbons (Fsp3) is 0.179. The molecule has 0 saturated carbocycles. The van der Waals surface area contributed by atoms with Crippen LogP contribution in [0, 0.1) is 12.7 Å². The maximum absolute atomic E-state index is 16.1. The van der Waals surface area contributed by atoms with Gasteiger partial charge in [-0.15, -0.1) is 13.2 Å². The Kier molecular flexibility index (Phi) is 9.67. The molecular formula is C28H25F7N6O4S. The van der Waals surface area contributed by atoms with Gasteiger partial charge in [0, 0.05) is 24.5 Å². The van der Waals surface area contributed by atoms with Gasteiger partial charge in [-0.3, -0.25) is 9.58 Å². The van der Waals surface area contributed by atoms with E-state index >= 15 is 4.39 Å². The first-order valence-electron chi connectivity index (χ1n) is 13.0. The van der Waals surface area contributed by atoms with Gasteiger partial charge in [-0.1, -0.05) is 12.1 Å². The third kappa shape index (κ3) is 7.58. The lowest BCUT2D eigenvalue weighted by atomic mass is 10.0. The zero-order valence-electron chi connectivity index (χ0n) is 23.6. The van der Waals surface area contributed by atoms with Crippen LogP contribution in [-0.2, 0) is 16.2 Å². The Morgan fingerprint density at radius 1 is 1.07 bits per heavy atom. The molecule has 0 aliphatic carbocycles. The molecule has 0 fully saturated rings. The Morgan fingerprint density at radius 2 is 1.74 bits per heavy atom. The quantitative estimate of drug-likeness (QED) is 0.106. The number of nitrogens with two attached hydrogens (primary N) is 2. The van der Waals surface area contributed by atoms with Crippen LogP contribution in [0.3, 0.4) is 0 Å². The molecule has 4 rings (SSSR count). The van der Waals surface area contributed by atoms with Crippen LogP contribution in [-0.4, -0.2) is 42.6 Å². The summed E-state index contributed by atoms with van der Waals surface area (Å²) in [5.74, 6) is 4.45. The predicted molar refractivity (Wildman–Crippen MR) is 153 cm³/mol. The molecule has 18 heteroatoms. The minimum absolute atomic E-state index is 0.0324. The van der Waals surface area contributed by atoms with Gasteiger partial charge in [0.2, 0.25) is 10.0 Å². The average molecular weight is 675 g/mol. The summed E-state index contributed by atoms with van der Waals surface area (Å²) < 4.78 is 127. The number of hydrazine groups is 1. The fourth-order valence-electron chi connectivity index (χ4n) is 4.39. The fourth-order valence-corrected chi connectivity index (χ4v) is 5.45. The summed E-state index contributed by atoms with van der Waals surface area (Å²) >= 11 is 0. The van der Waals surface area contributed by atoms with E-state index < -0.39 is 52.1 Å².